The van der Waals surface area contributed by atoms with Crippen molar-refractivity contribution in [1.82, 2.24) is 25.6 Å². The topological polar surface area (TPSA) is 89.5 Å². The van der Waals surface area contributed by atoms with Crippen molar-refractivity contribution in [2.75, 3.05) is 32.8 Å². The van der Waals surface area contributed by atoms with E-state index in [0.29, 0.717) is 5.92 Å². The van der Waals surface area contributed by atoms with Crippen LogP contribution in [0.3, 0.4) is 0 Å². The summed E-state index contributed by atoms with van der Waals surface area (Å²) in [4.78, 5) is 4.71. The molecule has 0 bridgehead atoms. The molecule has 0 aromatic carbocycles. The standard InChI is InChI=1S/C17H26N6O2/c1-3-16(25-11-1)4-7-19-17(20-13-15-5-12-24-14-15)18-6-2-9-23-10-8-21-22-23/h1,3,8,10-11,15H,2,4-7,9,12-14H2,(H2,18,19,20). The van der Waals surface area contributed by atoms with Gasteiger partial charge in [0.25, 0.3) is 0 Å². The number of ether oxygens (including phenoxy) is 1. The fraction of sp³-hybridized carbons (Fsp3) is 0.588. The van der Waals surface area contributed by atoms with E-state index in [2.05, 4.69) is 20.9 Å². The Morgan fingerprint density at radius 3 is 3.08 bits per heavy atom. The summed E-state index contributed by atoms with van der Waals surface area (Å²) < 4.78 is 12.6. The normalized spacial score (nSPS) is 17.8. The highest BCUT2D eigenvalue weighted by Crippen LogP contribution is 2.12. The molecule has 8 heteroatoms. The highest BCUT2D eigenvalue weighted by molar-refractivity contribution is 5.79. The molecule has 1 fully saturated rings. The van der Waals surface area contributed by atoms with Crippen molar-refractivity contribution in [2.45, 2.75) is 25.8 Å². The van der Waals surface area contributed by atoms with Crippen molar-refractivity contribution in [3.63, 3.8) is 0 Å². The number of furan rings is 1. The SMILES string of the molecule is c1coc(CCNC(=NCC2CCOC2)NCCCn2ccnn2)c1. The second-order valence-electron chi connectivity index (χ2n) is 6.12. The monoisotopic (exact) mass is 346 g/mol. The van der Waals surface area contributed by atoms with Gasteiger partial charge in [0.1, 0.15) is 5.76 Å². The third kappa shape index (κ3) is 6.22. The molecule has 1 atom stereocenters. The summed E-state index contributed by atoms with van der Waals surface area (Å²) in [6.45, 7) is 4.90. The first-order chi connectivity index (χ1) is 12.4. The lowest BCUT2D eigenvalue weighted by molar-refractivity contribution is 0.187. The van der Waals surface area contributed by atoms with Crippen LogP contribution in [0.2, 0.25) is 0 Å². The van der Waals surface area contributed by atoms with Gasteiger partial charge in [-0.1, -0.05) is 5.21 Å². The number of nitrogens with one attached hydrogen (secondary N) is 2. The van der Waals surface area contributed by atoms with Gasteiger partial charge in [-0.15, -0.1) is 5.10 Å². The molecule has 25 heavy (non-hydrogen) atoms. The molecular formula is C17H26N6O2. The van der Waals surface area contributed by atoms with Gasteiger partial charge in [-0.05, 0) is 25.0 Å². The zero-order valence-corrected chi connectivity index (χ0v) is 14.4. The number of aromatic nitrogens is 3. The smallest absolute Gasteiger partial charge is 0.191 e. The van der Waals surface area contributed by atoms with E-state index < -0.39 is 0 Å². The average molecular weight is 346 g/mol. The summed E-state index contributed by atoms with van der Waals surface area (Å²) in [7, 11) is 0. The van der Waals surface area contributed by atoms with Crippen LogP contribution in [0, 0.1) is 5.92 Å². The molecule has 2 aromatic heterocycles. The summed E-state index contributed by atoms with van der Waals surface area (Å²) in [5.74, 6) is 2.35. The molecule has 0 spiro atoms. The van der Waals surface area contributed by atoms with E-state index >= 15 is 0 Å². The van der Waals surface area contributed by atoms with Crippen LogP contribution in [0.4, 0.5) is 0 Å². The Morgan fingerprint density at radius 2 is 2.32 bits per heavy atom. The highest BCUT2D eigenvalue weighted by Gasteiger charge is 2.15. The Balaban J connectivity index is 1.41. The predicted molar refractivity (Wildman–Crippen MR) is 94.3 cm³/mol. The van der Waals surface area contributed by atoms with Crippen molar-refractivity contribution in [2.24, 2.45) is 10.9 Å². The number of guanidine groups is 1. The van der Waals surface area contributed by atoms with Crippen molar-refractivity contribution in [3.8, 4) is 0 Å². The molecule has 1 saturated heterocycles. The largest absolute Gasteiger partial charge is 0.469 e. The van der Waals surface area contributed by atoms with Crippen LogP contribution >= 0.6 is 0 Å². The van der Waals surface area contributed by atoms with Gasteiger partial charge in [0.05, 0.1) is 19.1 Å². The first-order valence-corrected chi connectivity index (χ1v) is 8.86. The Morgan fingerprint density at radius 1 is 1.36 bits per heavy atom. The maximum atomic E-state index is 5.42. The van der Waals surface area contributed by atoms with Gasteiger partial charge in [-0.3, -0.25) is 9.67 Å². The minimum Gasteiger partial charge on any atom is -0.469 e. The van der Waals surface area contributed by atoms with Gasteiger partial charge in [-0.2, -0.15) is 0 Å². The van der Waals surface area contributed by atoms with Gasteiger partial charge in [0, 0.05) is 51.3 Å². The average Bonchev–Trinajstić information content (AvgIpc) is 3.39. The van der Waals surface area contributed by atoms with Crippen LogP contribution in [0.15, 0.2) is 40.2 Å². The minimum atomic E-state index is 0.527. The third-order valence-electron chi connectivity index (χ3n) is 4.10. The number of aliphatic imine (C=N–C) groups is 1. The second kappa shape index (κ2) is 9.83. The molecule has 1 aliphatic rings. The number of nitrogens with zero attached hydrogens (tertiary/aromatic N) is 4. The molecule has 8 nitrogen and oxygen atoms in total. The molecule has 3 rings (SSSR count). The van der Waals surface area contributed by atoms with Gasteiger partial charge in [-0.25, -0.2) is 0 Å². The van der Waals surface area contributed by atoms with Gasteiger partial charge in [0.2, 0.25) is 0 Å². The summed E-state index contributed by atoms with van der Waals surface area (Å²) in [5, 5.41) is 14.5. The van der Waals surface area contributed by atoms with Gasteiger partial charge < -0.3 is 19.8 Å². The van der Waals surface area contributed by atoms with E-state index in [1.54, 1.807) is 12.5 Å². The molecule has 0 aliphatic carbocycles. The Bertz CT molecular complexity index is 605. The van der Waals surface area contributed by atoms with E-state index in [9.17, 15) is 0 Å². The zero-order valence-electron chi connectivity index (χ0n) is 14.4. The van der Waals surface area contributed by atoms with Crippen molar-refractivity contribution in [3.05, 3.63) is 36.5 Å². The van der Waals surface area contributed by atoms with Crippen LogP contribution in [0.25, 0.3) is 0 Å². The van der Waals surface area contributed by atoms with E-state index in [0.717, 1.165) is 70.4 Å². The maximum Gasteiger partial charge on any atom is 0.191 e. The summed E-state index contributed by atoms with van der Waals surface area (Å²) >= 11 is 0. The maximum absolute atomic E-state index is 5.42. The highest BCUT2D eigenvalue weighted by atomic mass is 16.5. The zero-order chi connectivity index (χ0) is 17.2. The molecule has 1 aliphatic heterocycles. The molecule has 1 unspecified atom stereocenters. The first kappa shape index (κ1) is 17.5. The van der Waals surface area contributed by atoms with Crippen LogP contribution in [0.1, 0.15) is 18.6 Å². The van der Waals surface area contributed by atoms with E-state index in [-0.39, 0.29) is 0 Å². The van der Waals surface area contributed by atoms with Crippen LogP contribution in [-0.2, 0) is 17.7 Å². The fourth-order valence-electron chi connectivity index (χ4n) is 2.68. The summed E-state index contributed by atoms with van der Waals surface area (Å²) in [6.07, 6.45) is 8.15. The van der Waals surface area contributed by atoms with E-state index in [1.807, 2.05) is 23.0 Å². The molecule has 0 radical (unpaired) electrons. The van der Waals surface area contributed by atoms with Crippen molar-refractivity contribution >= 4 is 5.96 Å². The summed E-state index contributed by atoms with van der Waals surface area (Å²) in [6, 6.07) is 3.90. The van der Waals surface area contributed by atoms with Crippen LogP contribution in [0.5, 0.6) is 0 Å². The fourth-order valence-corrected chi connectivity index (χ4v) is 2.68. The molecule has 0 amide bonds. The quantitative estimate of drug-likeness (QED) is 0.401. The van der Waals surface area contributed by atoms with Gasteiger partial charge in [0.15, 0.2) is 5.96 Å². The van der Waals surface area contributed by atoms with Crippen molar-refractivity contribution in [1.29, 1.82) is 0 Å². The Labute approximate surface area is 147 Å². The lowest BCUT2D eigenvalue weighted by Gasteiger charge is -2.13. The number of hydrogen-bond acceptors (Lipinski definition) is 5. The minimum absolute atomic E-state index is 0.527. The van der Waals surface area contributed by atoms with Crippen LogP contribution in [-0.4, -0.2) is 53.8 Å². The molecule has 136 valence electrons. The third-order valence-corrected chi connectivity index (χ3v) is 4.10. The second-order valence-corrected chi connectivity index (χ2v) is 6.12. The van der Waals surface area contributed by atoms with E-state index in [4.69, 9.17) is 14.1 Å². The van der Waals surface area contributed by atoms with E-state index in [1.165, 1.54) is 0 Å². The Kier molecular flexibility index (Phi) is 6.87. The Hall–Kier alpha value is -2.35. The molecule has 0 saturated carbocycles. The van der Waals surface area contributed by atoms with Gasteiger partial charge >= 0.3 is 0 Å². The number of rotatable bonds is 9. The predicted octanol–water partition coefficient (Wildman–Crippen LogP) is 1.08. The number of hydrogen-bond donors (Lipinski definition) is 2. The first-order valence-electron chi connectivity index (χ1n) is 8.86. The lowest BCUT2D eigenvalue weighted by Crippen LogP contribution is -2.39. The van der Waals surface area contributed by atoms with Crippen molar-refractivity contribution < 1.29 is 9.15 Å². The molecule has 3 heterocycles. The molecule has 2 aromatic rings. The van der Waals surface area contributed by atoms with Crippen LogP contribution < -0.4 is 10.6 Å². The molecular weight excluding hydrogens is 320 g/mol. The summed E-state index contributed by atoms with van der Waals surface area (Å²) in [5.41, 5.74) is 0. The number of aryl methyl sites for hydroxylation is 1. The lowest BCUT2D eigenvalue weighted by atomic mass is 10.1. The molecule has 2 N–H and O–H groups in total.